The van der Waals surface area contributed by atoms with Crippen molar-refractivity contribution in [2.75, 3.05) is 10.6 Å². The maximum Gasteiger partial charge on any atom is 0.293 e. The van der Waals surface area contributed by atoms with Gasteiger partial charge in [-0.1, -0.05) is 54.6 Å². The highest BCUT2D eigenvalue weighted by Crippen LogP contribution is 2.36. The van der Waals surface area contributed by atoms with Crippen LogP contribution in [0.15, 0.2) is 78.9 Å². The molecule has 0 radical (unpaired) electrons. The van der Waals surface area contributed by atoms with E-state index >= 15 is 0 Å². The summed E-state index contributed by atoms with van der Waals surface area (Å²) >= 11 is 0. The van der Waals surface area contributed by atoms with E-state index in [1.54, 1.807) is 35.8 Å². The highest BCUT2D eigenvalue weighted by molar-refractivity contribution is 7.92. The lowest BCUT2D eigenvalue weighted by atomic mass is 9.90. The van der Waals surface area contributed by atoms with Gasteiger partial charge in [0, 0.05) is 6.07 Å². The van der Waals surface area contributed by atoms with Crippen LogP contribution in [0.1, 0.15) is 17.0 Å². The molecule has 0 saturated carbocycles. The Hall–Kier alpha value is -3.76. The van der Waals surface area contributed by atoms with E-state index in [2.05, 4.69) is 0 Å². The van der Waals surface area contributed by atoms with Gasteiger partial charge in [-0.15, -0.1) is 0 Å². The van der Waals surface area contributed by atoms with Crippen molar-refractivity contribution in [2.24, 2.45) is 0 Å². The van der Waals surface area contributed by atoms with Gasteiger partial charge in [0.05, 0.1) is 22.8 Å². The highest BCUT2D eigenvalue weighted by atomic mass is 32.2. The number of benzene rings is 3. The SMILES string of the molecule is CS(=O)(=O)N(c1ccc(C(C(=O)NO)c2ccccc2)cc1)c1ccccc1[N+](=O)[O-]. The summed E-state index contributed by atoms with van der Waals surface area (Å²) in [6.07, 6.45) is 0.948. The molecule has 3 rings (SSSR count). The number of amides is 1. The molecule has 0 aliphatic heterocycles. The molecule has 0 bridgehead atoms. The number of nitro benzene ring substituents is 1. The van der Waals surface area contributed by atoms with Crippen molar-refractivity contribution in [3.8, 4) is 0 Å². The van der Waals surface area contributed by atoms with Crippen LogP contribution in [0.2, 0.25) is 0 Å². The molecule has 0 saturated heterocycles. The van der Waals surface area contributed by atoms with Gasteiger partial charge in [0.25, 0.3) is 11.6 Å². The number of hydroxylamine groups is 1. The maximum atomic E-state index is 12.5. The molecule has 0 heterocycles. The second-order valence-electron chi connectivity index (χ2n) is 6.68. The van der Waals surface area contributed by atoms with Crippen LogP contribution in [0.25, 0.3) is 0 Å². The Bertz CT molecular complexity index is 1200. The molecule has 3 aromatic carbocycles. The van der Waals surface area contributed by atoms with E-state index in [-0.39, 0.29) is 17.1 Å². The van der Waals surface area contributed by atoms with Crippen molar-refractivity contribution >= 4 is 33.0 Å². The van der Waals surface area contributed by atoms with Gasteiger partial charge in [0.15, 0.2) is 0 Å². The first-order valence-corrected chi connectivity index (χ1v) is 10.9. The molecule has 10 heteroatoms. The number of carbonyl (C=O) groups excluding carboxylic acids is 1. The van der Waals surface area contributed by atoms with Gasteiger partial charge in [-0.25, -0.2) is 18.2 Å². The third kappa shape index (κ3) is 4.71. The number of anilines is 2. The quantitative estimate of drug-likeness (QED) is 0.329. The third-order valence-electron chi connectivity index (χ3n) is 4.60. The first-order valence-electron chi connectivity index (χ1n) is 9.06. The van der Waals surface area contributed by atoms with E-state index in [4.69, 9.17) is 5.21 Å². The van der Waals surface area contributed by atoms with Gasteiger partial charge in [0.1, 0.15) is 5.69 Å². The molecule has 2 N–H and O–H groups in total. The van der Waals surface area contributed by atoms with E-state index in [0.717, 1.165) is 10.6 Å². The van der Waals surface area contributed by atoms with Gasteiger partial charge in [-0.05, 0) is 29.3 Å². The Labute approximate surface area is 178 Å². The minimum atomic E-state index is -3.92. The van der Waals surface area contributed by atoms with E-state index in [1.165, 1.54) is 48.5 Å². The van der Waals surface area contributed by atoms with Crippen molar-refractivity contribution in [1.29, 1.82) is 0 Å². The van der Waals surface area contributed by atoms with E-state index in [9.17, 15) is 23.3 Å². The minimum Gasteiger partial charge on any atom is -0.289 e. The smallest absolute Gasteiger partial charge is 0.289 e. The minimum absolute atomic E-state index is 0.101. The zero-order chi connectivity index (χ0) is 22.6. The Kier molecular flexibility index (Phi) is 6.33. The van der Waals surface area contributed by atoms with Crippen LogP contribution in [0, 0.1) is 10.1 Å². The normalized spacial score (nSPS) is 12.1. The van der Waals surface area contributed by atoms with Gasteiger partial charge in [-0.2, -0.15) is 0 Å². The molecule has 0 aliphatic rings. The molecule has 1 atom stereocenters. The summed E-state index contributed by atoms with van der Waals surface area (Å²) in [5, 5.41) is 20.6. The fourth-order valence-electron chi connectivity index (χ4n) is 3.31. The van der Waals surface area contributed by atoms with Crippen LogP contribution in [0.4, 0.5) is 17.1 Å². The summed E-state index contributed by atoms with van der Waals surface area (Å²) in [4.78, 5) is 23.0. The van der Waals surface area contributed by atoms with Crippen molar-refractivity contribution in [3.05, 3.63) is 100 Å². The van der Waals surface area contributed by atoms with Gasteiger partial charge < -0.3 is 0 Å². The monoisotopic (exact) mass is 441 g/mol. The third-order valence-corrected chi connectivity index (χ3v) is 5.67. The van der Waals surface area contributed by atoms with Gasteiger partial charge in [-0.3, -0.25) is 20.1 Å². The lowest BCUT2D eigenvalue weighted by molar-refractivity contribution is -0.384. The number of para-hydroxylation sites is 2. The van der Waals surface area contributed by atoms with E-state index in [0.29, 0.717) is 11.1 Å². The molecule has 0 aliphatic carbocycles. The Morgan fingerprint density at radius 2 is 1.52 bits per heavy atom. The molecule has 31 heavy (non-hydrogen) atoms. The molecule has 0 fully saturated rings. The predicted molar refractivity (Wildman–Crippen MR) is 115 cm³/mol. The molecule has 3 aromatic rings. The van der Waals surface area contributed by atoms with E-state index in [1.807, 2.05) is 0 Å². The molecule has 0 aromatic heterocycles. The van der Waals surface area contributed by atoms with Crippen LogP contribution in [0.3, 0.4) is 0 Å². The van der Waals surface area contributed by atoms with Crippen LogP contribution in [-0.2, 0) is 14.8 Å². The number of nitrogens with one attached hydrogen (secondary N) is 1. The average molecular weight is 441 g/mol. The van der Waals surface area contributed by atoms with Crippen LogP contribution in [0.5, 0.6) is 0 Å². The number of rotatable bonds is 7. The van der Waals surface area contributed by atoms with Crippen molar-refractivity contribution in [3.63, 3.8) is 0 Å². The summed E-state index contributed by atoms with van der Waals surface area (Å²) in [6, 6.07) is 20.2. The topological polar surface area (TPSA) is 130 Å². The lowest BCUT2D eigenvalue weighted by Crippen LogP contribution is -2.27. The van der Waals surface area contributed by atoms with Gasteiger partial charge >= 0.3 is 0 Å². The van der Waals surface area contributed by atoms with E-state index < -0.39 is 26.8 Å². The number of nitro groups is 1. The summed E-state index contributed by atoms with van der Waals surface area (Å²) < 4.78 is 25.9. The van der Waals surface area contributed by atoms with Crippen LogP contribution < -0.4 is 9.79 Å². The Morgan fingerprint density at radius 1 is 0.968 bits per heavy atom. The van der Waals surface area contributed by atoms with Crippen molar-refractivity contribution < 1.29 is 23.3 Å². The number of sulfonamides is 1. The number of hydrogen-bond donors (Lipinski definition) is 2. The Balaban J connectivity index is 2.09. The summed E-state index contributed by atoms with van der Waals surface area (Å²) in [5.74, 6) is -1.49. The first kappa shape index (κ1) is 21.9. The molecule has 0 spiro atoms. The van der Waals surface area contributed by atoms with Crippen LogP contribution in [-0.4, -0.2) is 30.7 Å². The fourth-order valence-corrected chi connectivity index (χ4v) is 4.32. The fraction of sp³-hybridized carbons (Fsp3) is 0.0952. The van der Waals surface area contributed by atoms with Crippen molar-refractivity contribution in [1.82, 2.24) is 5.48 Å². The molecular formula is C21H19N3O6S. The number of hydrogen-bond acceptors (Lipinski definition) is 6. The summed E-state index contributed by atoms with van der Waals surface area (Å²) in [5.41, 5.74) is 2.47. The molecule has 1 unspecified atom stereocenters. The number of nitrogens with zero attached hydrogens (tertiary/aromatic N) is 2. The standard InChI is InChI=1S/C21H19N3O6S/c1-31(29,30)23(18-9-5-6-10-19(18)24(27)28)17-13-11-16(12-14-17)20(21(25)22-26)15-7-3-2-4-8-15/h2-14,20,26H,1H3,(H,22,25). The highest BCUT2D eigenvalue weighted by Gasteiger charge is 2.28. The Morgan fingerprint density at radius 3 is 2.06 bits per heavy atom. The molecule has 1 amide bonds. The van der Waals surface area contributed by atoms with Gasteiger partial charge in [0.2, 0.25) is 10.0 Å². The molecule has 160 valence electrons. The molecule has 9 nitrogen and oxygen atoms in total. The summed E-state index contributed by atoms with van der Waals surface area (Å²) in [6.45, 7) is 0. The van der Waals surface area contributed by atoms with Crippen LogP contribution >= 0.6 is 0 Å². The zero-order valence-corrected chi connectivity index (χ0v) is 17.2. The zero-order valence-electron chi connectivity index (χ0n) is 16.4. The maximum absolute atomic E-state index is 12.5. The lowest BCUT2D eigenvalue weighted by Gasteiger charge is -2.23. The van der Waals surface area contributed by atoms with Crippen molar-refractivity contribution in [2.45, 2.75) is 5.92 Å². The largest absolute Gasteiger partial charge is 0.293 e. The second kappa shape index (κ2) is 8.94. The molecular weight excluding hydrogens is 422 g/mol. The first-order chi connectivity index (χ1) is 14.7. The average Bonchev–Trinajstić information content (AvgIpc) is 2.75. The summed E-state index contributed by atoms with van der Waals surface area (Å²) in [7, 11) is -3.92. The number of carbonyl (C=O) groups is 1. The predicted octanol–water partition coefficient (Wildman–Crippen LogP) is 3.33. The second-order valence-corrected chi connectivity index (χ2v) is 8.52.